The quantitative estimate of drug-likeness (QED) is 0.680. The van der Waals surface area contributed by atoms with Gasteiger partial charge in [0.15, 0.2) is 5.65 Å². The summed E-state index contributed by atoms with van der Waals surface area (Å²) in [6, 6.07) is 6.50. The number of para-hydroxylation sites is 1. The van der Waals surface area contributed by atoms with E-state index < -0.39 is 5.91 Å². The van der Waals surface area contributed by atoms with Gasteiger partial charge < -0.3 is 11.1 Å². The van der Waals surface area contributed by atoms with Crippen LogP contribution in [-0.2, 0) is 16.9 Å². The van der Waals surface area contributed by atoms with Crippen molar-refractivity contribution in [1.82, 2.24) is 19.3 Å². The lowest BCUT2D eigenvalue weighted by atomic mass is 10.1. The first kappa shape index (κ1) is 20.2. The maximum absolute atomic E-state index is 12.9. The van der Waals surface area contributed by atoms with E-state index in [9.17, 15) is 14.4 Å². The van der Waals surface area contributed by atoms with Crippen molar-refractivity contribution in [2.45, 2.75) is 46.2 Å². The second kappa shape index (κ2) is 7.50. The fourth-order valence-electron chi connectivity index (χ4n) is 3.09. The normalized spacial score (nSPS) is 11.6. The molecule has 0 fully saturated rings. The van der Waals surface area contributed by atoms with E-state index in [1.807, 2.05) is 20.8 Å². The first-order valence-electron chi connectivity index (χ1n) is 9.24. The number of nitrogens with one attached hydrogen (secondary N) is 1. The number of aromatic nitrogens is 4. The Balaban J connectivity index is 1.82. The molecule has 0 aliphatic heterocycles. The third-order valence-electron chi connectivity index (χ3n) is 4.54. The summed E-state index contributed by atoms with van der Waals surface area (Å²) in [6.07, 6.45) is 1.55. The smallest absolute Gasteiger partial charge is 0.264 e. The highest BCUT2D eigenvalue weighted by Gasteiger charge is 2.21. The molecule has 0 atom stereocenters. The number of carbonyl (C=O) groups excluding carboxylic acids is 2. The molecule has 3 rings (SSSR count). The minimum Gasteiger partial charge on any atom is -0.366 e. The van der Waals surface area contributed by atoms with E-state index in [0.717, 1.165) is 0 Å². The Morgan fingerprint density at radius 3 is 2.55 bits per heavy atom. The van der Waals surface area contributed by atoms with Crippen LogP contribution in [0.3, 0.4) is 0 Å². The molecule has 29 heavy (non-hydrogen) atoms. The number of fused-ring (bicyclic) bond motifs is 1. The van der Waals surface area contributed by atoms with Gasteiger partial charge in [-0.05, 0) is 39.8 Å². The predicted molar refractivity (Wildman–Crippen MR) is 110 cm³/mol. The fourth-order valence-corrected chi connectivity index (χ4v) is 3.09. The van der Waals surface area contributed by atoms with Crippen molar-refractivity contribution in [3.63, 3.8) is 0 Å². The van der Waals surface area contributed by atoms with Gasteiger partial charge in [0.2, 0.25) is 5.91 Å². The van der Waals surface area contributed by atoms with Crippen LogP contribution in [0.15, 0.2) is 35.3 Å². The average Bonchev–Trinajstić information content (AvgIpc) is 3.06. The number of amides is 2. The summed E-state index contributed by atoms with van der Waals surface area (Å²) < 4.78 is 3.17. The fraction of sp³-hybridized carbons (Fsp3) is 0.350. The number of hydrogen-bond donors (Lipinski definition) is 2. The van der Waals surface area contributed by atoms with Crippen LogP contribution >= 0.6 is 0 Å². The van der Waals surface area contributed by atoms with Crippen LogP contribution in [0.2, 0.25) is 0 Å². The lowest BCUT2D eigenvalue weighted by Gasteiger charge is -2.20. The van der Waals surface area contributed by atoms with Crippen molar-refractivity contribution in [3.8, 4) is 0 Å². The number of carbonyl (C=O) groups is 2. The second-order valence-electron chi connectivity index (χ2n) is 7.79. The molecule has 9 nitrogen and oxygen atoms in total. The molecule has 152 valence electrons. The Kier molecular flexibility index (Phi) is 5.23. The Morgan fingerprint density at radius 1 is 1.21 bits per heavy atom. The average molecular weight is 396 g/mol. The number of benzene rings is 1. The SMILES string of the molecule is Cc1nc2c(cnn2C(C)(C)C)c(=O)n1CCC(=O)Nc1ccccc1C(N)=O. The minimum atomic E-state index is -0.626. The van der Waals surface area contributed by atoms with Gasteiger partial charge in [0.05, 0.1) is 23.0 Å². The third-order valence-corrected chi connectivity index (χ3v) is 4.54. The van der Waals surface area contributed by atoms with Crippen molar-refractivity contribution in [2.24, 2.45) is 5.73 Å². The molecule has 0 radical (unpaired) electrons. The van der Waals surface area contributed by atoms with Gasteiger partial charge in [0, 0.05) is 13.0 Å². The number of aryl methyl sites for hydroxylation is 1. The van der Waals surface area contributed by atoms with Crippen LogP contribution in [0.1, 0.15) is 43.4 Å². The zero-order chi connectivity index (χ0) is 21.3. The Hall–Kier alpha value is -3.49. The highest BCUT2D eigenvalue weighted by molar-refractivity contribution is 6.02. The van der Waals surface area contributed by atoms with Crippen molar-refractivity contribution >= 4 is 28.5 Å². The Labute approximate surface area is 167 Å². The van der Waals surface area contributed by atoms with Crippen LogP contribution in [0, 0.1) is 6.92 Å². The maximum Gasteiger partial charge on any atom is 0.264 e. The number of anilines is 1. The molecule has 0 spiro atoms. The molecule has 0 saturated heterocycles. The molecule has 1 aromatic carbocycles. The number of nitrogens with zero attached hydrogens (tertiary/aromatic N) is 4. The Morgan fingerprint density at radius 2 is 1.90 bits per heavy atom. The molecular weight excluding hydrogens is 372 g/mol. The number of hydrogen-bond acceptors (Lipinski definition) is 5. The topological polar surface area (TPSA) is 125 Å². The van der Waals surface area contributed by atoms with Gasteiger partial charge in [-0.15, -0.1) is 0 Å². The Bertz CT molecular complexity index is 1150. The van der Waals surface area contributed by atoms with E-state index >= 15 is 0 Å². The molecule has 0 unspecified atom stereocenters. The monoisotopic (exact) mass is 396 g/mol. The maximum atomic E-state index is 12.9. The van der Waals surface area contributed by atoms with Crippen LogP contribution in [-0.4, -0.2) is 31.1 Å². The molecule has 0 bridgehead atoms. The van der Waals surface area contributed by atoms with Gasteiger partial charge in [-0.25, -0.2) is 9.67 Å². The van der Waals surface area contributed by atoms with Crippen molar-refractivity contribution < 1.29 is 9.59 Å². The molecule has 2 amide bonds. The molecule has 0 aliphatic carbocycles. The van der Waals surface area contributed by atoms with E-state index in [2.05, 4.69) is 15.4 Å². The summed E-state index contributed by atoms with van der Waals surface area (Å²) >= 11 is 0. The van der Waals surface area contributed by atoms with Crippen LogP contribution in [0.5, 0.6) is 0 Å². The van der Waals surface area contributed by atoms with Crippen LogP contribution in [0.4, 0.5) is 5.69 Å². The molecule has 9 heteroatoms. The van der Waals surface area contributed by atoms with Gasteiger partial charge in [-0.3, -0.25) is 19.0 Å². The highest BCUT2D eigenvalue weighted by Crippen LogP contribution is 2.19. The van der Waals surface area contributed by atoms with Gasteiger partial charge >= 0.3 is 0 Å². The van der Waals surface area contributed by atoms with Gasteiger partial charge in [-0.1, -0.05) is 12.1 Å². The van der Waals surface area contributed by atoms with E-state index in [-0.39, 0.29) is 35.5 Å². The molecule has 0 saturated carbocycles. The highest BCUT2D eigenvalue weighted by atomic mass is 16.2. The second-order valence-corrected chi connectivity index (χ2v) is 7.79. The summed E-state index contributed by atoms with van der Waals surface area (Å²) in [5.41, 5.74) is 5.87. The van der Waals surface area contributed by atoms with Gasteiger partial charge in [-0.2, -0.15) is 5.10 Å². The summed E-state index contributed by atoms with van der Waals surface area (Å²) in [6.45, 7) is 7.82. The zero-order valence-electron chi connectivity index (χ0n) is 16.9. The number of primary amides is 1. The molecule has 2 heterocycles. The molecule has 3 N–H and O–H groups in total. The van der Waals surface area contributed by atoms with Crippen LogP contribution in [0.25, 0.3) is 11.0 Å². The van der Waals surface area contributed by atoms with E-state index in [4.69, 9.17) is 5.73 Å². The first-order chi connectivity index (χ1) is 13.6. The van der Waals surface area contributed by atoms with Gasteiger partial charge in [0.1, 0.15) is 11.2 Å². The molecule has 0 aliphatic rings. The summed E-state index contributed by atoms with van der Waals surface area (Å²) in [5, 5.41) is 7.38. The van der Waals surface area contributed by atoms with Crippen molar-refractivity contribution in [3.05, 3.63) is 52.2 Å². The van der Waals surface area contributed by atoms with Crippen molar-refractivity contribution in [1.29, 1.82) is 0 Å². The largest absolute Gasteiger partial charge is 0.366 e. The first-order valence-corrected chi connectivity index (χ1v) is 9.24. The lowest BCUT2D eigenvalue weighted by Crippen LogP contribution is -2.28. The van der Waals surface area contributed by atoms with E-state index in [1.165, 1.54) is 16.8 Å². The number of rotatable bonds is 5. The molecule has 2 aromatic heterocycles. The van der Waals surface area contributed by atoms with Crippen molar-refractivity contribution in [2.75, 3.05) is 5.32 Å². The van der Waals surface area contributed by atoms with Gasteiger partial charge in [0.25, 0.3) is 11.5 Å². The number of nitrogens with two attached hydrogens (primary N) is 1. The summed E-state index contributed by atoms with van der Waals surface area (Å²) in [7, 11) is 0. The lowest BCUT2D eigenvalue weighted by molar-refractivity contribution is -0.116. The van der Waals surface area contributed by atoms with Crippen LogP contribution < -0.4 is 16.6 Å². The predicted octanol–water partition coefficient (Wildman–Crippen LogP) is 1.78. The minimum absolute atomic E-state index is 0.0361. The standard InChI is InChI=1S/C20H24N6O3/c1-12-23-18-14(11-22-26(18)20(2,3)4)19(29)25(12)10-9-16(27)24-15-8-6-5-7-13(15)17(21)28/h5-8,11H,9-10H2,1-4H3,(H2,21,28)(H,24,27). The molecular formula is C20H24N6O3. The molecule has 3 aromatic rings. The van der Waals surface area contributed by atoms with E-state index in [0.29, 0.717) is 22.5 Å². The zero-order valence-corrected chi connectivity index (χ0v) is 16.9. The third kappa shape index (κ3) is 4.03. The summed E-state index contributed by atoms with van der Waals surface area (Å²) in [5.74, 6) is -0.465. The summed E-state index contributed by atoms with van der Waals surface area (Å²) in [4.78, 5) is 41.3. The van der Waals surface area contributed by atoms with E-state index in [1.54, 1.807) is 29.8 Å².